The highest BCUT2D eigenvalue weighted by Gasteiger charge is 2.20. The summed E-state index contributed by atoms with van der Waals surface area (Å²) < 4.78 is 0. The van der Waals surface area contributed by atoms with Gasteiger partial charge in [0, 0.05) is 22.9 Å². The average Bonchev–Trinajstić information content (AvgIpc) is 2.89. The fourth-order valence-corrected chi connectivity index (χ4v) is 2.37. The molecule has 2 heteroatoms. The molecule has 0 bridgehead atoms. The first-order valence-electron chi connectivity index (χ1n) is 6.91. The smallest absolute Gasteiger partial charge is 0.159 e. The van der Waals surface area contributed by atoms with Crippen LogP contribution in [-0.4, -0.2) is 11.5 Å². The van der Waals surface area contributed by atoms with E-state index in [0.717, 1.165) is 22.4 Å². The number of hydrogen-bond acceptors (Lipinski definition) is 2. The second kappa shape index (κ2) is 5.38. The van der Waals surface area contributed by atoms with E-state index in [2.05, 4.69) is 22.9 Å². The van der Waals surface area contributed by atoms with Crippen molar-refractivity contribution in [2.75, 3.05) is 0 Å². The molecule has 1 unspecified atom stereocenters. The molecule has 1 aromatic carbocycles. The molecule has 2 nitrogen and oxygen atoms in total. The zero-order valence-corrected chi connectivity index (χ0v) is 12.1. The third kappa shape index (κ3) is 2.64. The molecule has 1 atom stereocenters. The zero-order valence-electron chi connectivity index (χ0n) is 12.1. The highest BCUT2D eigenvalue weighted by Crippen LogP contribution is 2.24. The van der Waals surface area contributed by atoms with Gasteiger partial charge in [-0.05, 0) is 31.6 Å². The Morgan fingerprint density at radius 2 is 2.10 bits per heavy atom. The highest BCUT2D eigenvalue weighted by molar-refractivity contribution is 6.04. The van der Waals surface area contributed by atoms with E-state index >= 15 is 0 Å². The lowest BCUT2D eigenvalue weighted by Crippen LogP contribution is -2.09. The number of aryl methyl sites for hydroxylation is 1. The first-order chi connectivity index (χ1) is 10.1. The molecule has 1 heterocycles. The lowest BCUT2D eigenvalue weighted by Gasteiger charge is -2.09. The van der Waals surface area contributed by atoms with Crippen LogP contribution in [0.1, 0.15) is 28.4 Å². The first kappa shape index (κ1) is 13.3. The molecule has 2 aliphatic rings. The molecular weight excluding hydrogens is 258 g/mol. The third-order valence-electron chi connectivity index (χ3n) is 3.67. The molecular formula is C19H15NO. The molecule has 0 radical (unpaired) electrons. The predicted molar refractivity (Wildman–Crippen MR) is 85.3 cm³/mol. The SMILES string of the molecule is CC(=O)c1ccc(C)c(C#CC2=CN=C3C=CC=CC23)c1. The van der Waals surface area contributed by atoms with Gasteiger partial charge >= 0.3 is 0 Å². The Morgan fingerprint density at radius 1 is 1.24 bits per heavy atom. The second-order valence-electron chi connectivity index (χ2n) is 5.20. The number of nitrogens with zero attached hydrogens (tertiary/aromatic N) is 1. The minimum Gasteiger partial charge on any atom is -0.295 e. The van der Waals surface area contributed by atoms with Gasteiger partial charge in [0.05, 0.1) is 11.6 Å². The summed E-state index contributed by atoms with van der Waals surface area (Å²) in [6, 6.07) is 5.64. The van der Waals surface area contributed by atoms with Gasteiger partial charge in [0.1, 0.15) is 0 Å². The number of benzene rings is 1. The average molecular weight is 273 g/mol. The van der Waals surface area contributed by atoms with E-state index < -0.39 is 0 Å². The summed E-state index contributed by atoms with van der Waals surface area (Å²) in [6.45, 7) is 3.57. The van der Waals surface area contributed by atoms with E-state index in [9.17, 15) is 4.79 Å². The molecule has 0 N–H and O–H groups in total. The molecule has 0 amide bonds. The van der Waals surface area contributed by atoms with E-state index in [1.807, 2.05) is 49.6 Å². The normalized spacial score (nSPS) is 18.5. The molecule has 0 fully saturated rings. The maximum Gasteiger partial charge on any atom is 0.159 e. The quantitative estimate of drug-likeness (QED) is 0.567. The fourth-order valence-electron chi connectivity index (χ4n) is 2.37. The van der Waals surface area contributed by atoms with Gasteiger partial charge in [-0.3, -0.25) is 9.79 Å². The summed E-state index contributed by atoms with van der Waals surface area (Å²) in [6.07, 6.45) is 9.95. The molecule has 0 spiro atoms. The van der Waals surface area contributed by atoms with Crippen LogP contribution in [-0.2, 0) is 0 Å². The van der Waals surface area contributed by atoms with Crippen molar-refractivity contribution < 1.29 is 4.79 Å². The van der Waals surface area contributed by atoms with Gasteiger partial charge in [-0.1, -0.05) is 42.2 Å². The Kier molecular flexibility index (Phi) is 3.41. The lowest BCUT2D eigenvalue weighted by molar-refractivity contribution is 0.101. The van der Waals surface area contributed by atoms with Crippen LogP contribution in [0.25, 0.3) is 0 Å². The van der Waals surface area contributed by atoms with E-state index in [4.69, 9.17) is 0 Å². The van der Waals surface area contributed by atoms with Crippen LogP contribution in [0.15, 0.2) is 59.3 Å². The molecule has 3 rings (SSSR count). The largest absolute Gasteiger partial charge is 0.295 e. The number of carbonyl (C=O) groups is 1. The Morgan fingerprint density at radius 3 is 2.90 bits per heavy atom. The lowest BCUT2D eigenvalue weighted by atomic mass is 9.93. The van der Waals surface area contributed by atoms with Crippen molar-refractivity contribution in [1.82, 2.24) is 0 Å². The topological polar surface area (TPSA) is 29.4 Å². The summed E-state index contributed by atoms with van der Waals surface area (Å²) in [5, 5.41) is 0. The van der Waals surface area contributed by atoms with Crippen molar-refractivity contribution in [2.45, 2.75) is 13.8 Å². The molecule has 1 aromatic rings. The Labute approximate surface area is 124 Å². The van der Waals surface area contributed by atoms with Crippen LogP contribution in [0.4, 0.5) is 0 Å². The number of ketones is 1. The number of rotatable bonds is 1. The monoisotopic (exact) mass is 273 g/mol. The maximum atomic E-state index is 11.5. The van der Waals surface area contributed by atoms with E-state index in [1.54, 1.807) is 6.92 Å². The fraction of sp³-hybridized carbons (Fsp3) is 0.158. The van der Waals surface area contributed by atoms with Gasteiger partial charge in [-0.25, -0.2) is 0 Å². The van der Waals surface area contributed by atoms with Gasteiger partial charge in [-0.15, -0.1) is 0 Å². The minimum atomic E-state index is 0.0594. The number of hydrogen-bond donors (Lipinski definition) is 0. The second-order valence-corrected chi connectivity index (χ2v) is 5.20. The van der Waals surface area contributed by atoms with Crippen LogP contribution in [0, 0.1) is 24.7 Å². The number of Topliss-reactive ketones (excluding diaryl/α,β-unsaturated/α-hetero) is 1. The van der Waals surface area contributed by atoms with Gasteiger partial charge in [0.25, 0.3) is 0 Å². The van der Waals surface area contributed by atoms with Crippen LogP contribution in [0.5, 0.6) is 0 Å². The third-order valence-corrected chi connectivity index (χ3v) is 3.67. The first-order valence-corrected chi connectivity index (χ1v) is 6.91. The van der Waals surface area contributed by atoms with Crippen molar-refractivity contribution in [3.05, 3.63) is 71.0 Å². The van der Waals surface area contributed by atoms with Gasteiger partial charge in [0.15, 0.2) is 5.78 Å². The zero-order chi connectivity index (χ0) is 14.8. The molecule has 1 aliphatic carbocycles. The van der Waals surface area contributed by atoms with Gasteiger partial charge < -0.3 is 0 Å². The van der Waals surface area contributed by atoms with Crippen molar-refractivity contribution in [2.24, 2.45) is 10.9 Å². The molecule has 102 valence electrons. The summed E-state index contributed by atoms with van der Waals surface area (Å²) in [5.74, 6) is 6.62. The summed E-state index contributed by atoms with van der Waals surface area (Å²) in [5.41, 5.74) is 4.70. The molecule has 0 saturated carbocycles. The van der Waals surface area contributed by atoms with E-state index in [1.165, 1.54) is 0 Å². The highest BCUT2D eigenvalue weighted by atomic mass is 16.1. The standard InChI is InChI=1S/C19H15NO/c1-13-7-8-16(14(2)21)11-15(13)9-10-17-12-20-19-6-4-3-5-18(17)19/h3-8,11-12,18H,1-2H3. The summed E-state index contributed by atoms with van der Waals surface area (Å²) in [7, 11) is 0. The Balaban J connectivity index is 1.89. The molecule has 1 aliphatic heterocycles. The van der Waals surface area contributed by atoms with Crippen LogP contribution >= 0.6 is 0 Å². The van der Waals surface area contributed by atoms with Gasteiger partial charge in [0.2, 0.25) is 0 Å². The van der Waals surface area contributed by atoms with Gasteiger partial charge in [-0.2, -0.15) is 0 Å². The predicted octanol–water partition coefficient (Wildman–Crippen LogP) is 3.63. The Hall–Kier alpha value is -2.66. The number of aliphatic imine (C=N–C) groups is 1. The number of carbonyl (C=O) groups excluding carboxylic acids is 1. The summed E-state index contributed by atoms with van der Waals surface area (Å²) >= 11 is 0. The summed E-state index contributed by atoms with van der Waals surface area (Å²) in [4.78, 5) is 15.8. The Bertz CT molecular complexity index is 795. The van der Waals surface area contributed by atoms with Crippen molar-refractivity contribution in [1.29, 1.82) is 0 Å². The number of fused-ring (bicyclic) bond motifs is 1. The van der Waals surface area contributed by atoms with E-state index in [0.29, 0.717) is 5.56 Å². The number of allylic oxidation sites excluding steroid dienone is 5. The minimum absolute atomic E-state index is 0.0594. The van der Waals surface area contributed by atoms with Crippen LogP contribution in [0.2, 0.25) is 0 Å². The van der Waals surface area contributed by atoms with Crippen molar-refractivity contribution >= 4 is 11.5 Å². The van der Waals surface area contributed by atoms with Crippen molar-refractivity contribution in [3.63, 3.8) is 0 Å². The van der Waals surface area contributed by atoms with Crippen LogP contribution < -0.4 is 0 Å². The van der Waals surface area contributed by atoms with E-state index in [-0.39, 0.29) is 11.7 Å². The maximum absolute atomic E-state index is 11.5. The molecule has 21 heavy (non-hydrogen) atoms. The molecule has 0 saturated heterocycles. The molecule has 0 aromatic heterocycles. The van der Waals surface area contributed by atoms with Crippen LogP contribution in [0.3, 0.4) is 0 Å². The van der Waals surface area contributed by atoms with Crippen molar-refractivity contribution in [3.8, 4) is 11.8 Å².